The van der Waals surface area contributed by atoms with E-state index in [4.69, 9.17) is 15.9 Å². The molecular formula is C10H20N2O2. The maximum Gasteiger partial charge on any atom is 0.352 e. The van der Waals surface area contributed by atoms with Crippen molar-refractivity contribution in [2.24, 2.45) is 11.7 Å². The summed E-state index contributed by atoms with van der Waals surface area (Å²) in [7, 11) is 0. The Bertz CT molecular complexity index is 219. The van der Waals surface area contributed by atoms with Crippen LogP contribution in [0.15, 0.2) is 0 Å². The molecule has 0 saturated carbocycles. The van der Waals surface area contributed by atoms with Crippen LogP contribution >= 0.6 is 0 Å². The lowest BCUT2D eigenvalue weighted by atomic mass is 10.0. The van der Waals surface area contributed by atoms with E-state index in [2.05, 4.69) is 0 Å². The molecule has 82 valence electrons. The molecule has 0 unspecified atom stereocenters. The van der Waals surface area contributed by atoms with Crippen molar-refractivity contribution in [1.82, 2.24) is 0 Å². The lowest BCUT2D eigenvalue weighted by molar-refractivity contribution is -0.146. The highest BCUT2D eigenvalue weighted by molar-refractivity contribution is 6.35. The van der Waals surface area contributed by atoms with Crippen LogP contribution in [0.3, 0.4) is 0 Å². The minimum absolute atomic E-state index is 0.00197. The third-order valence-corrected chi connectivity index (χ3v) is 1.60. The van der Waals surface area contributed by atoms with E-state index >= 15 is 0 Å². The highest BCUT2D eigenvalue weighted by Crippen LogP contribution is 2.09. The smallest absolute Gasteiger partial charge is 0.352 e. The largest absolute Gasteiger partial charge is 0.456 e. The van der Waals surface area contributed by atoms with Gasteiger partial charge in [0.2, 0.25) is 0 Å². The molecule has 0 saturated heterocycles. The van der Waals surface area contributed by atoms with E-state index in [1.165, 1.54) is 0 Å². The van der Waals surface area contributed by atoms with Gasteiger partial charge >= 0.3 is 5.97 Å². The first kappa shape index (κ1) is 13.1. The number of carbonyl (C=O) groups is 1. The van der Waals surface area contributed by atoms with Crippen LogP contribution in [0.2, 0.25) is 0 Å². The fraction of sp³-hybridized carbons (Fsp3) is 0.800. The lowest BCUT2D eigenvalue weighted by Gasteiger charge is -2.20. The molecule has 0 aromatic rings. The second kappa shape index (κ2) is 5.10. The van der Waals surface area contributed by atoms with Crippen molar-refractivity contribution in [3.8, 4) is 0 Å². The summed E-state index contributed by atoms with van der Waals surface area (Å²) < 4.78 is 5.04. The highest BCUT2D eigenvalue weighted by Gasteiger charge is 2.20. The van der Waals surface area contributed by atoms with Gasteiger partial charge in [-0.3, -0.25) is 5.41 Å². The summed E-state index contributed by atoms with van der Waals surface area (Å²) in [5.41, 5.74) is 4.86. The number of hydrogen-bond donors (Lipinski definition) is 2. The van der Waals surface area contributed by atoms with Crippen molar-refractivity contribution in [2.75, 3.05) is 6.54 Å². The van der Waals surface area contributed by atoms with Crippen LogP contribution in [0.1, 0.15) is 34.1 Å². The van der Waals surface area contributed by atoms with E-state index < -0.39 is 11.6 Å². The summed E-state index contributed by atoms with van der Waals surface area (Å²) in [6.07, 6.45) is 0.380. The zero-order valence-corrected chi connectivity index (χ0v) is 9.39. The van der Waals surface area contributed by atoms with Crippen molar-refractivity contribution in [2.45, 2.75) is 39.7 Å². The molecule has 0 amide bonds. The highest BCUT2D eigenvalue weighted by atomic mass is 16.6. The third kappa shape index (κ3) is 5.70. The second-order valence-corrected chi connectivity index (χ2v) is 4.53. The quantitative estimate of drug-likeness (QED) is 0.531. The van der Waals surface area contributed by atoms with Gasteiger partial charge in [-0.25, -0.2) is 4.79 Å². The molecule has 0 aliphatic heterocycles. The van der Waals surface area contributed by atoms with Crippen LogP contribution in [-0.2, 0) is 9.53 Å². The van der Waals surface area contributed by atoms with Gasteiger partial charge < -0.3 is 10.5 Å². The van der Waals surface area contributed by atoms with Gasteiger partial charge in [0.1, 0.15) is 11.3 Å². The van der Waals surface area contributed by atoms with E-state index in [0.29, 0.717) is 13.0 Å². The molecule has 4 nitrogen and oxygen atoms in total. The second-order valence-electron chi connectivity index (χ2n) is 4.53. The average molecular weight is 200 g/mol. The van der Waals surface area contributed by atoms with E-state index in [9.17, 15) is 4.79 Å². The number of rotatable bonds is 4. The summed E-state index contributed by atoms with van der Waals surface area (Å²) in [6.45, 7) is 7.73. The van der Waals surface area contributed by atoms with Crippen molar-refractivity contribution in [3.05, 3.63) is 0 Å². The fourth-order valence-corrected chi connectivity index (χ4v) is 0.855. The molecule has 0 radical (unpaired) electrons. The summed E-state index contributed by atoms with van der Waals surface area (Å²) >= 11 is 0. The summed E-state index contributed by atoms with van der Waals surface area (Å²) in [4.78, 5) is 11.3. The Morgan fingerprint density at radius 2 is 2.00 bits per heavy atom. The predicted molar refractivity (Wildman–Crippen MR) is 56.4 cm³/mol. The van der Waals surface area contributed by atoms with Gasteiger partial charge in [0.05, 0.1) is 0 Å². The molecular weight excluding hydrogens is 180 g/mol. The molecule has 0 fully saturated rings. The number of nitrogens with two attached hydrogens (primary N) is 1. The Labute approximate surface area is 85.3 Å². The van der Waals surface area contributed by atoms with E-state index in [-0.39, 0.29) is 11.6 Å². The third-order valence-electron chi connectivity index (χ3n) is 1.60. The molecule has 3 N–H and O–H groups in total. The number of hydrogen-bond acceptors (Lipinski definition) is 4. The Morgan fingerprint density at radius 3 is 2.36 bits per heavy atom. The van der Waals surface area contributed by atoms with Crippen LogP contribution in [0.5, 0.6) is 0 Å². The maximum absolute atomic E-state index is 11.3. The van der Waals surface area contributed by atoms with Gasteiger partial charge in [0.15, 0.2) is 0 Å². The van der Waals surface area contributed by atoms with Gasteiger partial charge in [-0.2, -0.15) is 0 Å². The monoisotopic (exact) mass is 200 g/mol. The molecule has 0 spiro atoms. The topological polar surface area (TPSA) is 76.2 Å². The SMILES string of the molecule is C[C@@H](CN)CC(=N)C(=O)OC(C)(C)C. The first-order chi connectivity index (χ1) is 6.26. The van der Waals surface area contributed by atoms with Crippen LogP contribution in [0.25, 0.3) is 0 Å². The van der Waals surface area contributed by atoms with Crippen molar-refractivity contribution in [1.29, 1.82) is 5.41 Å². The van der Waals surface area contributed by atoms with Gasteiger partial charge in [-0.15, -0.1) is 0 Å². The molecule has 0 aromatic heterocycles. The number of esters is 1. The summed E-state index contributed by atoms with van der Waals surface area (Å²) in [5, 5.41) is 7.48. The zero-order chi connectivity index (χ0) is 11.4. The van der Waals surface area contributed by atoms with Crippen molar-refractivity contribution in [3.63, 3.8) is 0 Å². The molecule has 4 heteroatoms. The first-order valence-electron chi connectivity index (χ1n) is 4.77. The standard InChI is InChI=1S/C10H20N2O2/c1-7(6-11)5-8(12)9(13)14-10(2,3)4/h7,12H,5-6,11H2,1-4H3/t7-/m1/s1. The number of ether oxygens (including phenoxy) is 1. The average Bonchev–Trinajstić information content (AvgIpc) is 2.00. The predicted octanol–water partition coefficient (Wildman–Crippen LogP) is 1.33. The molecule has 0 aliphatic carbocycles. The Hall–Kier alpha value is -0.900. The molecule has 0 rings (SSSR count). The van der Waals surface area contributed by atoms with E-state index in [1.807, 2.05) is 6.92 Å². The minimum atomic E-state index is -0.544. The fourth-order valence-electron chi connectivity index (χ4n) is 0.855. The van der Waals surface area contributed by atoms with Crippen LogP contribution in [-0.4, -0.2) is 23.8 Å². The summed E-state index contributed by atoms with van der Waals surface area (Å²) in [6, 6.07) is 0. The Morgan fingerprint density at radius 1 is 1.50 bits per heavy atom. The van der Waals surface area contributed by atoms with Crippen molar-refractivity contribution >= 4 is 11.7 Å². The lowest BCUT2D eigenvalue weighted by Crippen LogP contribution is -2.30. The first-order valence-corrected chi connectivity index (χ1v) is 4.77. The molecule has 0 bridgehead atoms. The van der Waals surface area contributed by atoms with E-state index in [1.54, 1.807) is 20.8 Å². The van der Waals surface area contributed by atoms with Crippen LogP contribution < -0.4 is 5.73 Å². The van der Waals surface area contributed by atoms with E-state index in [0.717, 1.165) is 0 Å². The van der Waals surface area contributed by atoms with Gasteiger partial charge in [0.25, 0.3) is 0 Å². The summed E-state index contributed by atoms with van der Waals surface area (Å²) in [5.74, 6) is -0.396. The molecule has 0 aromatic carbocycles. The van der Waals surface area contributed by atoms with Gasteiger partial charge in [0, 0.05) is 6.42 Å². The van der Waals surface area contributed by atoms with Gasteiger partial charge in [-0.05, 0) is 33.2 Å². The Balaban J connectivity index is 4.08. The normalized spacial score (nSPS) is 13.5. The van der Waals surface area contributed by atoms with Gasteiger partial charge in [-0.1, -0.05) is 6.92 Å². The molecule has 1 atom stereocenters. The van der Waals surface area contributed by atoms with Crippen LogP contribution in [0, 0.1) is 11.3 Å². The molecule has 0 heterocycles. The number of nitrogens with one attached hydrogen (secondary N) is 1. The van der Waals surface area contributed by atoms with Crippen LogP contribution in [0.4, 0.5) is 0 Å². The molecule has 14 heavy (non-hydrogen) atoms. The molecule has 0 aliphatic rings. The maximum atomic E-state index is 11.3. The number of carbonyl (C=O) groups excluding carboxylic acids is 1. The Kier molecular flexibility index (Phi) is 4.77. The van der Waals surface area contributed by atoms with Crippen molar-refractivity contribution < 1.29 is 9.53 Å². The zero-order valence-electron chi connectivity index (χ0n) is 9.39. The minimum Gasteiger partial charge on any atom is -0.456 e.